The molecule has 3 unspecified atom stereocenters. The Morgan fingerprint density at radius 2 is 2.13 bits per heavy atom. The Labute approximate surface area is 94.1 Å². The number of rotatable bonds is 3. The smallest absolute Gasteiger partial charge is 0.138 e. The fraction of sp³-hybridized carbons (Fsp3) is 0.455. The highest BCUT2D eigenvalue weighted by Gasteiger charge is 2.41. The minimum Gasteiger partial charge on any atom is -0.486 e. The second-order valence-corrected chi connectivity index (χ2v) is 4.09. The zero-order valence-corrected chi connectivity index (χ0v) is 9.28. The van der Waals surface area contributed by atoms with Gasteiger partial charge in [-0.2, -0.15) is 0 Å². The lowest BCUT2D eigenvalue weighted by Gasteiger charge is -2.41. The third kappa shape index (κ3) is 2.09. The molecule has 0 bridgehead atoms. The molecule has 0 amide bonds. The highest BCUT2D eigenvalue weighted by Crippen LogP contribution is 2.31. The first kappa shape index (κ1) is 10.7. The molecule has 1 aromatic carbocycles. The molecule has 0 spiro atoms. The summed E-state index contributed by atoms with van der Waals surface area (Å²) in [5.74, 6) is 0.693. The molecule has 1 fully saturated rings. The Morgan fingerprint density at radius 1 is 1.40 bits per heavy atom. The quantitative estimate of drug-likeness (QED) is 0.857. The van der Waals surface area contributed by atoms with Crippen molar-refractivity contribution in [3.05, 3.63) is 29.3 Å². The van der Waals surface area contributed by atoms with E-state index in [1.807, 2.05) is 18.2 Å². The molecule has 0 radical (unpaired) electrons. The number of para-hydroxylation sites is 1. The van der Waals surface area contributed by atoms with Crippen LogP contribution in [-0.2, 0) is 4.74 Å². The molecule has 0 aromatic heterocycles. The summed E-state index contributed by atoms with van der Waals surface area (Å²) in [4.78, 5) is 0. The van der Waals surface area contributed by atoms with Gasteiger partial charge in [-0.25, -0.2) is 0 Å². The Kier molecular flexibility index (Phi) is 3.14. The molecule has 1 aromatic rings. The maximum Gasteiger partial charge on any atom is 0.138 e. The van der Waals surface area contributed by atoms with E-state index < -0.39 is 0 Å². The summed E-state index contributed by atoms with van der Waals surface area (Å²) in [6, 6.07) is 7.48. The van der Waals surface area contributed by atoms with Gasteiger partial charge in [0.1, 0.15) is 18.0 Å². The van der Waals surface area contributed by atoms with Crippen molar-refractivity contribution in [2.24, 2.45) is 5.73 Å². The van der Waals surface area contributed by atoms with Crippen LogP contribution < -0.4 is 10.5 Å². The van der Waals surface area contributed by atoms with Crippen LogP contribution in [-0.4, -0.2) is 25.4 Å². The minimum atomic E-state index is -0.0266. The second-order valence-electron chi connectivity index (χ2n) is 3.69. The number of hydrogen-bond donors (Lipinski definition) is 1. The summed E-state index contributed by atoms with van der Waals surface area (Å²) in [5, 5.41) is 0.618. The monoisotopic (exact) mass is 227 g/mol. The maximum absolute atomic E-state index is 5.98. The summed E-state index contributed by atoms with van der Waals surface area (Å²) in [7, 11) is 1.65. The van der Waals surface area contributed by atoms with Crippen LogP contribution in [0.3, 0.4) is 0 Å². The molecule has 1 aliphatic rings. The van der Waals surface area contributed by atoms with E-state index in [-0.39, 0.29) is 18.2 Å². The van der Waals surface area contributed by atoms with Gasteiger partial charge < -0.3 is 15.2 Å². The second kappa shape index (κ2) is 4.39. The average Bonchev–Trinajstić information content (AvgIpc) is 2.20. The number of nitrogens with two attached hydrogens (primary N) is 1. The van der Waals surface area contributed by atoms with E-state index in [0.29, 0.717) is 10.8 Å². The van der Waals surface area contributed by atoms with Gasteiger partial charge in [0.05, 0.1) is 5.02 Å². The molecule has 2 rings (SSSR count). The van der Waals surface area contributed by atoms with Crippen molar-refractivity contribution >= 4 is 11.6 Å². The molecule has 0 saturated heterocycles. The van der Waals surface area contributed by atoms with E-state index in [0.717, 1.165) is 6.42 Å². The number of hydrogen-bond acceptors (Lipinski definition) is 3. The van der Waals surface area contributed by atoms with Gasteiger partial charge in [-0.15, -0.1) is 0 Å². The first-order valence-corrected chi connectivity index (χ1v) is 5.29. The van der Waals surface area contributed by atoms with Crippen molar-refractivity contribution in [2.75, 3.05) is 7.11 Å². The van der Waals surface area contributed by atoms with Crippen molar-refractivity contribution in [3.63, 3.8) is 0 Å². The third-order valence-corrected chi connectivity index (χ3v) is 2.99. The molecule has 82 valence electrons. The van der Waals surface area contributed by atoms with Gasteiger partial charge in [-0.05, 0) is 12.1 Å². The van der Waals surface area contributed by atoms with E-state index in [1.54, 1.807) is 13.2 Å². The summed E-state index contributed by atoms with van der Waals surface area (Å²) >= 11 is 5.98. The van der Waals surface area contributed by atoms with E-state index in [1.165, 1.54) is 0 Å². The van der Waals surface area contributed by atoms with Crippen molar-refractivity contribution in [1.82, 2.24) is 0 Å². The van der Waals surface area contributed by atoms with Gasteiger partial charge in [-0.3, -0.25) is 0 Å². The molecular formula is C11H14ClNO2. The topological polar surface area (TPSA) is 44.5 Å². The molecule has 1 saturated carbocycles. The molecule has 2 N–H and O–H groups in total. The van der Waals surface area contributed by atoms with Gasteiger partial charge in [-0.1, -0.05) is 23.7 Å². The highest BCUT2D eigenvalue weighted by atomic mass is 35.5. The molecule has 15 heavy (non-hydrogen) atoms. The molecule has 3 atom stereocenters. The van der Waals surface area contributed by atoms with E-state index in [2.05, 4.69) is 0 Å². The van der Waals surface area contributed by atoms with Gasteiger partial charge in [0.2, 0.25) is 0 Å². The standard InChI is InChI=1S/C11H14ClNO2/c1-14-11-8(13)6-10(11)15-9-5-3-2-4-7(9)12/h2-5,8,10-11H,6,13H2,1H3. The van der Waals surface area contributed by atoms with Crippen LogP contribution in [0.2, 0.25) is 5.02 Å². The average molecular weight is 228 g/mol. The van der Waals surface area contributed by atoms with Crippen LogP contribution >= 0.6 is 11.6 Å². The van der Waals surface area contributed by atoms with Gasteiger partial charge >= 0.3 is 0 Å². The highest BCUT2D eigenvalue weighted by molar-refractivity contribution is 6.32. The molecule has 4 heteroatoms. The lowest BCUT2D eigenvalue weighted by Crippen LogP contribution is -2.59. The van der Waals surface area contributed by atoms with Crippen molar-refractivity contribution in [3.8, 4) is 5.75 Å². The van der Waals surface area contributed by atoms with Crippen LogP contribution in [0.5, 0.6) is 5.75 Å². The Morgan fingerprint density at radius 3 is 2.73 bits per heavy atom. The molecule has 1 aliphatic carbocycles. The number of methoxy groups -OCH3 is 1. The van der Waals surface area contributed by atoms with Crippen molar-refractivity contribution in [2.45, 2.75) is 24.7 Å². The van der Waals surface area contributed by atoms with Gasteiger partial charge in [0.15, 0.2) is 0 Å². The fourth-order valence-electron chi connectivity index (χ4n) is 1.76. The number of benzene rings is 1. The number of ether oxygens (including phenoxy) is 2. The van der Waals surface area contributed by atoms with Gasteiger partial charge in [0, 0.05) is 19.6 Å². The van der Waals surface area contributed by atoms with E-state index in [4.69, 9.17) is 26.8 Å². The van der Waals surface area contributed by atoms with Crippen LogP contribution in [0.25, 0.3) is 0 Å². The Hall–Kier alpha value is -0.770. The van der Waals surface area contributed by atoms with Crippen molar-refractivity contribution < 1.29 is 9.47 Å². The first-order valence-electron chi connectivity index (χ1n) is 4.92. The van der Waals surface area contributed by atoms with Crippen LogP contribution in [0, 0.1) is 0 Å². The minimum absolute atomic E-state index is 0.0184. The summed E-state index contributed by atoms with van der Waals surface area (Å²) < 4.78 is 10.9. The van der Waals surface area contributed by atoms with Gasteiger partial charge in [0.25, 0.3) is 0 Å². The SMILES string of the molecule is COC1C(N)CC1Oc1ccccc1Cl. The molecular weight excluding hydrogens is 214 g/mol. The zero-order chi connectivity index (χ0) is 10.8. The maximum atomic E-state index is 5.98. The summed E-state index contributed by atoms with van der Waals surface area (Å²) in [6.07, 6.45) is 0.801. The van der Waals surface area contributed by atoms with Crippen LogP contribution in [0.15, 0.2) is 24.3 Å². The van der Waals surface area contributed by atoms with Crippen LogP contribution in [0.1, 0.15) is 6.42 Å². The van der Waals surface area contributed by atoms with E-state index in [9.17, 15) is 0 Å². The Bertz CT molecular complexity index is 345. The van der Waals surface area contributed by atoms with E-state index >= 15 is 0 Å². The lowest BCUT2D eigenvalue weighted by molar-refractivity contribution is -0.0781. The lowest BCUT2D eigenvalue weighted by atomic mass is 9.86. The molecule has 0 aliphatic heterocycles. The predicted molar refractivity (Wildman–Crippen MR) is 59.3 cm³/mol. The fourth-order valence-corrected chi connectivity index (χ4v) is 1.94. The molecule has 3 nitrogen and oxygen atoms in total. The summed E-state index contributed by atoms with van der Waals surface area (Å²) in [6.45, 7) is 0. The number of halogens is 1. The zero-order valence-electron chi connectivity index (χ0n) is 8.52. The van der Waals surface area contributed by atoms with Crippen LogP contribution in [0.4, 0.5) is 0 Å². The first-order chi connectivity index (χ1) is 7.22. The predicted octanol–water partition coefficient (Wildman–Crippen LogP) is 1.83. The summed E-state index contributed by atoms with van der Waals surface area (Å²) in [5.41, 5.74) is 5.78. The largest absolute Gasteiger partial charge is 0.486 e. The Balaban J connectivity index is 2.01. The third-order valence-electron chi connectivity index (χ3n) is 2.68. The van der Waals surface area contributed by atoms with Crippen molar-refractivity contribution in [1.29, 1.82) is 0 Å². The molecule has 0 heterocycles. The normalized spacial score (nSPS) is 29.7.